The third-order valence-corrected chi connectivity index (χ3v) is 5.97. The lowest BCUT2D eigenvalue weighted by Gasteiger charge is -2.28. The van der Waals surface area contributed by atoms with Crippen molar-refractivity contribution >= 4 is 28.0 Å². The summed E-state index contributed by atoms with van der Waals surface area (Å²) in [5.41, 5.74) is 4.26. The minimum Gasteiger partial charge on any atom is -0.507 e. The molecule has 0 aliphatic carbocycles. The van der Waals surface area contributed by atoms with E-state index in [-0.39, 0.29) is 11.3 Å². The summed E-state index contributed by atoms with van der Waals surface area (Å²) in [5, 5.41) is 14.2. The summed E-state index contributed by atoms with van der Waals surface area (Å²) in [6, 6.07) is 11.7. The average molecular weight is 432 g/mol. The lowest BCUT2D eigenvalue weighted by Crippen LogP contribution is -2.47. The van der Waals surface area contributed by atoms with Crippen LogP contribution in [-0.4, -0.2) is 44.7 Å². The molecule has 7 nitrogen and oxygen atoms in total. The van der Waals surface area contributed by atoms with E-state index < -0.39 is 0 Å². The van der Waals surface area contributed by atoms with Gasteiger partial charge in [-0.15, -0.1) is 0 Å². The molecule has 0 amide bonds. The van der Waals surface area contributed by atoms with Gasteiger partial charge in [0.1, 0.15) is 17.1 Å². The first-order valence-electron chi connectivity index (χ1n) is 11.1. The van der Waals surface area contributed by atoms with Crippen molar-refractivity contribution in [3.05, 3.63) is 42.3 Å². The molecule has 4 aromatic rings. The van der Waals surface area contributed by atoms with Crippen molar-refractivity contribution in [2.45, 2.75) is 46.2 Å². The number of anilines is 1. The van der Waals surface area contributed by atoms with Crippen molar-refractivity contribution in [3.8, 4) is 17.0 Å². The molecule has 4 heterocycles. The van der Waals surface area contributed by atoms with Gasteiger partial charge in [-0.05, 0) is 57.0 Å². The lowest BCUT2D eigenvalue weighted by molar-refractivity contribution is 0.334. The van der Waals surface area contributed by atoms with Gasteiger partial charge < -0.3 is 19.7 Å². The van der Waals surface area contributed by atoms with E-state index in [1.165, 1.54) is 0 Å². The molecule has 0 radical (unpaired) electrons. The van der Waals surface area contributed by atoms with Crippen LogP contribution in [0, 0.1) is 12.8 Å². The Labute approximate surface area is 187 Å². The van der Waals surface area contributed by atoms with Crippen LogP contribution in [0.15, 0.2) is 40.8 Å². The maximum Gasteiger partial charge on any atom is 0.192 e. The predicted molar refractivity (Wildman–Crippen MR) is 127 cm³/mol. The summed E-state index contributed by atoms with van der Waals surface area (Å²) < 4.78 is 5.62. The van der Waals surface area contributed by atoms with Gasteiger partial charge in [-0.25, -0.2) is 15.0 Å². The van der Waals surface area contributed by atoms with Gasteiger partial charge >= 0.3 is 0 Å². The summed E-state index contributed by atoms with van der Waals surface area (Å²) in [6.45, 7) is 12.6. The van der Waals surface area contributed by atoms with Crippen LogP contribution in [0.4, 0.5) is 5.82 Å². The van der Waals surface area contributed by atoms with Crippen LogP contribution in [-0.2, 0) is 0 Å². The van der Waals surface area contributed by atoms with Crippen LogP contribution in [0.25, 0.3) is 33.4 Å². The molecular weight excluding hydrogens is 402 g/mol. The van der Waals surface area contributed by atoms with E-state index in [1.54, 1.807) is 19.1 Å². The Balaban J connectivity index is 1.44. The number of hydrogen-bond acceptors (Lipinski definition) is 7. The summed E-state index contributed by atoms with van der Waals surface area (Å²) in [5.74, 6) is 2.21. The number of oxazole rings is 1. The van der Waals surface area contributed by atoms with Gasteiger partial charge in [-0.2, -0.15) is 0 Å². The highest BCUT2D eigenvalue weighted by atomic mass is 16.3. The van der Waals surface area contributed by atoms with Crippen molar-refractivity contribution in [2.75, 3.05) is 18.0 Å². The molecule has 7 heteroatoms. The number of pyridine rings is 2. The highest BCUT2D eigenvalue weighted by molar-refractivity contribution is 5.86. The van der Waals surface area contributed by atoms with Crippen LogP contribution in [0.3, 0.4) is 0 Å². The zero-order valence-corrected chi connectivity index (χ0v) is 19.2. The minimum absolute atomic E-state index is 0.0883. The Morgan fingerprint density at radius 1 is 1.00 bits per heavy atom. The number of phenols is 1. The van der Waals surface area contributed by atoms with Gasteiger partial charge in [0.25, 0.3) is 0 Å². The molecule has 166 valence electrons. The van der Waals surface area contributed by atoms with Gasteiger partial charge in [0, 0.05) is 43.2 Å². The van der Waals surface area contributed by atoms with Gasteiger partial charge in [0.05, 0.1) is 16.7 Å². The molecule has 32 heavy (non-hydrogen) atoms. The van der Waals surface area contributed by atoms with E-state index in [0.717, 1.165) is 29.9 Å². The topological polar surface area (TPSA) is 87.3 Å². The fraction of sp³-hybridized carbons (Fsp3) is 0.400. The Bertz CT molecular complexity index is 1310. The fourth-order valence-electron chi connectivity index (χ4n) is 4.51. The zero-order valence-electron chi connectivity index (χ0n) is 19.2. The summed E-state index contributed by atoms with van der Waals surface area (Å²) >= 11 is 0. The highest BCUT2D eigenvalue weighted by Gasteiger charge is 2.32. The predicted octanol–water partition coefficient (Wildman–Crippen LogP) is 4.66. The van der Waals surface area contributed by atoms with Crippen LogP contribution < -0.4 is 10.2 Å². The number of fused-ring (bicyclic) bond motifs is 2. The number of aromatic hydroxyl groups is 1. The van der Waals surface area contributed by atoms with Gasteiger partial charge in [0.15, 0.2) is 11.5 Å². The molecule has 2 atom stereocenters. The van der Waals surface area contributed by atoms with Gasteiger partial charge in [-0.3, -0.25) is 0 Å². The lowest BCUT2D eigenvalue weighted by atomic mass is 10.0. The largest absolute Gasteiger partial charge is 0.507 e. The van der Waals surface area contributed by atoms with E-state index in [9.17, 15) is 5.11 Å². The summed E-state index contributed by atoms with van der Waals surface area (Å²) in [6.07, 6.45) is 0. The molecule has 3 aromatic heterocycles. The SMILES string of the molecule is Cc1nc2cc(O)c(-c3ccc4nc(N5C[C@@H](C)[C@H](NC(C)(C)C)C5)ccc4n3)cc2o1. The third kappa shape index (κ3) is 3.88. The number of phenolic OH excluding ortho intramolecular Hbond substituents is 1. The first kappa shape index (κ1) is 20.7. The molecule has 0 saturated carbocycles. The molecule has 2 N–H and O–H groups in total. The van der Waals surface area contributed by atoms with Gasteiger partial charge in [-0.1, -0.05) is 6.92 Å². The number of benzene rings is 1. The highest BCUT2D eigenvalue weighted by Crippen LogP contribution is 2.34. The molecule has 1 aromatic carbocycles. The van der Waals surface area contributed by atoms with E-state index in [1.807, 2.05) is 24.3 Å². The Kier molecular flexibility index (Phi) is 4.82. The maximum absolute atomic E-state index is 10.5. The van der Waals surface area contributed by atoms with Crippen molar-refractivity contribution in [1.82, 2.24) is 20.3 Å². The zero-order chi connectivity index (χ0) is 22.6. The Hall–Kier alpha value is -3.19. The fourth-order valence-corrected chi connectivity index (χ4v) is 4.51. The molecule has 0 bridgehead atoms. The number of aryl methyl sites for hydroxylation is 1. The monoisotopic (exact) mass is 431 g/mol. The first-order chi connectivity index (χ1) is 15.2. The molecule has 0 spiro atoms. The number of rotatable bonds is 3. The summed E-state index contributed by atoms with van der Waals surface area (Å²) in [7, 11) is 0. The van der Waals surface area contributed by atoms with E-state index in [2.05, 4.69) is 42.9 Å². The van der Waals surface area contributed by atoms with Crippen molar-refractivity contribution in [1.29, 1.82) is 0 Å². The van der Waals surface area contributed by atoms with Crippen LogP contribution in [0.5, 0.6) is 5.75 Å². The second-order valence-corrected chi connectivity index (χ2v) is 9.86. The van der Waals surface area contributed by atoms with Crippen molar-refractivity contribution in [2.24, 2.45) is 5.92 Å². The average Bonchev–Trinajstić information content (AvgIpc) is 3.26. The molecular formula is C25H29N5O2. The Morgan fingerprint density at radius 2 is 1.75 bits per heavy atom. The Morgan fingerprint density at radius 3 is 2.53 bits per heavy atom. The normalized spacial score (nSPS) is 19.3. The smallest absolute Gasteiger partial charge is 0.192 e. The van der Waals surface area contributed by atoms with E-state index in [4.69, 9.17) is 14.4 Å². The maximum atomic E-state index is 10.5. The van der Waals surface area contributed by atoms with Crippen molar-refractivity contribution < 1.29 is 9.52 Å². The molecule has 0 unspecified atom stereocenters. The standard InChI is InChI=1S/C25H29N5O2/c1-14-12-30(13-21(14)29-25(3,4)5)24-9-8-18-19(28-24)7-6-17(27-18)16-10-23-20(11-22(16)31)26-15(2)32-23/h6-11,14,21,29,31H,12-13H2,1-5H3/t14-,21-/m1/s1. The van der Waals surface area contributed by atoms with Crippen LogP contribution in [0.1, 0.15) is 33.6 Å². The number of hydrogen-bond donors (Lipinski definition) is 2. The number of nitrogens with one attached hydrogen (secondary N) is 1. The molecule has 1 saturated heterocycles. The molecule has 1 fully saturated rings. The minimum atomic E-state index is 0.0883. The van der Waals surface area contributed by atoms with Crippen LogP contribution >= 0.6 is 0 Å². The van der Waals surface area contributed by atoms with Gasteiger partial charge in [0.2, 0.25) is 0 Å². The first-order valence-corrected chi connectivity index (χ1v) is 11.1. The number of nitrogens with zero attached hydrogens (tertiary/aromatic N) is 4. The number of aromatic nitrogens is 3. The molecule has 1 aliphatic heterocycles. The second kappa shape index (κ2) is 7.45. The van der Waals surface area contributed by atoms with E-state index >= 15 is 0 Å². The summed E-state index contributed by atoms with van der Waals surface area (Å²) in [4.78, 5) is 16.2. The third-order valence-electron chi connectivity index (χ3n) is 5.97. The molecule has 5 rings (SSSR count). The molecule has 1 aliphatic rings. The van der Waals surface area contributed by atoms with E-state index in [0.29, 0.717) is 40.2 Å². The quantitative estimate of drug-likeness (QED) is 0.488. The van der Waals surface area contributed by atoms with Crippen molar-refractivity contribution in [3.63, 3.8) is 0 Å². The van der Waals surface area contributed by atoms with Crippen LogP contribution in [0.2, 0.25) is 0 Å². The second-order valence-electron chi connectivity index (χ2n) is 9.86.